The smallest absolute Gasteiger partial charge is 0.180 e. The number of ether oxygens (including phenoxy) is 2. The van der Waals surface area contributed by atoms with Crippen molar-refractivity contribution in [3.8, 4) is 11.5 Å². The Kier molecular flexibility index (Phi) is 1.66. The molecule has 15 heavy (non-hydrogen) atoms. The molecule has 5 heteroatoms. The van der Waals surface area contributed by atoms with Crippen molar-refractivity contribution in [3.05, 3.63) is 30.4 Å². The van der Waals surface area contributed by atoms with Gasteiger partial charge in [-0.25, -0.2) is 0 Å². The summed E-state index contributed by atoms with van der Waals surface area (Å²) in [5, 5.41) is 16.5. The second kappa shape index (κ2) is 2.99. The van der Waals surface area contributed by atoms with Crippen LogP contribution >= 0.6 is 0 Å². The third-order valence-corrected chi connectivity index (χ3v) is 2.24. The van der Waals surface area contributed by atoms with E-state index in [-0.39, 0.29) is 6.61 Å². The monoisotopic (exact) mass is 204 g/mol. The first-order valence-electron chi connectivity index (χ1n) is 4.49. The SMILES string of the molecule is OCC1=COc2ccc3[nH]ncc3c2O1. The fraction of sp³-hybridized carbons (Fsp3) is 0.100. The average Bonchev–Trinajstić information content (AvgIpc) is 2.76. The first-order valence-corrected chi connectivity index (χ1v) is 4.49. The topological polar surface area (TPSA) is 67.4 Å². The molecule has 1 aliphatic rings. The van der Waals surface area contributed by atoms with Crippen molar-refractivity contribution in [2.45, 2.75) is 0 Å². The molecule has 0 atom stereocenters. The predicted molar refractivity (Wildman–Crippen MR) is 52.5 cm³/mol. The minimum Gasteiger partial charge on any atom is -0.457 e. The van der Waals surface area contributed by atoms with Gasteiger partial charge in [-0.3, -0.25) is 5.10 Å². The Morgan fingerprint density at radius 2 is 2.33 bits per heavy atom. The van der Waals surface area contributed by atoms with E-state index in [1.165, 1.54) is 6.26 Å². The number of nitrogens with zero attached hydrogens (tertiary/aromatic N) is 1. The zero-order chi connectivity index (χ0) is 10.3. The number of aliphatic hydroxyl groups is 1. The number of hydrogen-bond acceptors (Lipinski definition) is 4. The maximum atomic E-state index is 8.94. The number of rotatable bonds is 1. The fourth-order valence-electron chi connectivity index (χ4n) is 1.52. The van der Waals surface area contributed by atoms with Crippen LogP contribution in [0.1, 0.15) is 0 Å². The Balaban J connectivity index is 2.19. The van der Waals surface area contributed by atoms with E-state index >= 15 is 0 Å². The third-order valence-electron chi connectivity index (χ3n) is 2.24. The molecule has 0 aliphatic carbocycles. The highest BCUT2D eigenvalue weighted by Crippen LogP contribution is 2.38. The van der Waals surface area contributed by atoms with E-state index in [0.717, 1.165) is 10.9 Å². The van der Waals surface area contributed by atoms with Crippen LogP contribution in [0.25, 0.3) is 10.9 Å². The van der Waals surface area contributed by atoms with Crippen molar-refractivity contribution in [1.29, 1.82) is 0 Å². The van der Waals surface area contributed by atoms with Gasteiger partial charge in [-0.05, 0) is 12.1 Å². The summed E-state index contributed by atoms with van der Waals surface area (Å²) < 4.78 is 10.8. The lowest BCUT2D eigenvalue weighted by Gasteiger charge is -2.17. The van der Waals surface area contributed by atoms with Crippen LogP contribution in [0.4, 0.5) is 0 Å². The van der Waals surface area contributed by atoms with Gasteiger partial charge < -0.3 is 14.6 Å². The van der Waals surface area contributed by atoms with Crippen LogP contribution in [-0.2, 0) is 0 Å². The molecule has 0 unspecified atom stereocenters. The van der Waals surface area contributed by atoms with Crippen LogP contribution in [0.2, 0.25) is 0 Å². The van der Waals surface area contributed by atoms with Gasteiger partial charge in [-0.2, -0.15) is 5.10 Å². The number of aliphatic hydroxyl groups excluding tert-OH is 1. The maximum absolute atomic E-state index is 8.94. The van der Waals surface area contributed by atoms with E-state index in [1.807, 2.05) is 6.07 Å². The molecule has 2 heterocycles. The molecule has 0 bridgehead atoms. The molecule has 2 aromatic rings. The van der Waals surface area contributed by atoms with E-state index < -0.39 is 0 Å². The van der Waals surface area contributed by atoms with Gasteiger partial charge in [0.25, 0.3) is 0 Å². The van der Waals surface area contributed by atoms with Gasteiger partial charge in [0.05, 0.1) is 17.1 Å². The molecule has 76 valence electrons. The van der Waals surface area contributed by atoms with Gasteiger partial charge in [0.1, 0.15) is 12.9 Å². The van der Waals surface area contributed by atoms with Crippen molar-refractivity contribution >= 4 is 10.9 Å². The van der Waals surface area contributed by atoms with Crippen molar-refractivity contribution in [2.24, 2.45) is 0 Å². The van der Waals surface area contributed by atoms with Crippen LogP contribution in [-0.4, -0.2) is 21.9 Å². The minimum atomic E-state index is -0.187. The Morgan fingerprint density at radius 3 is 3.20 bits per heavy atom. The Labute approximate surface area is 84.9 Å². The van der Waals surface area contributed by atoms with E-state index in [0.29, 0.717) is 17.3 Å². The van der Waals surface area contributed by atoms with E-state index in [4.69, 9.17) is 14.6 Å². The van der Waals surface area contributed by atoms with Crippen molar-refractivity contribution in [3.63, 3.8) is 0 Å². The third kappa shape index (κ3) is 1.17. The summed E-state index contributed by atoms with van der Waals surface area (Å²) in [6.07, 6.45) is 3.06. The molecule has 1 aromatic carbocycles. The normalized spacial score (nSPS) is 14.1. The predicted octanol–water partition coefficient (Wildman–Crippen LogP) is 1.17. The number of aromatic nitrogens is 2. The van der Waals surface area contributed by atoms with E-state index in [2.05, 4.69) is 10.2 Å². The molecule has 0 spiro atoms. The molecule has 2 N–H and O–H groups in total. The van der Waals surface area contributed by atoms with Crippen LogP contribution in [0.5, 0.6) is 11.5 Å². The zero-order valence-electron chi connectivity index (χ0n) is 7.73. The average molecular weight is 204 g/mol. The van der Waals surface area contributed by atoms with Crippen molar-refractivity contribution in [1.82, 2.24) is 10.2 Å². The molecule has 0 radical (unpaired) electrons. The van der Waals surface area contributed by atoms with Gasteiger partial charge in [-0.15, -0.1) is 0 Å². The standard InChI is InChI=1S/C10H8N2O3/c13-4-6-5-14-9-2-1-8-7(3-11-12-8)10(9)15-6/h1-3,5,13H,4H2,(H,11,12). The summed E-state index contributed by atoms with van der Waals surface area (Å²) in [5.41, 5.74) is 0.872. The fourth-order valence-corrected chi connectivity index (χ4v) is 1.52. The summed E-state index contributed by atoms with van der Waals surface area (Å²) in [6.45, 7) is -0.187. The zero-order valence-corrected chi connectivity index (χ0v) is 7.73. The highest BCUT2D eigenvalue weighted by molar-refractivity contribution is 5.87. The molecule has 3 rings (SSSR count). The van der Waals surface area contributed by atoms with Gasteiger partial charge in [0, 0.05) is 0 Å². The first kappa shape index (κ1) is 8.31. The second-order valence-electron chi connectivity index (χ2n) is 3.19. The van der Waals surface area contributed by atoms with Crippen molar-refractivity contribution in [2.75, 3.05) is 6.61 Å². The highest BCUT2D eigenvalue weighted by Gasteiger charge is 2.17. The number of H-pyrrole nitrogens is 1. The van der Waals surface area contributed by atoms with Crippen molar-refractivity contribution < 1.29 is 14.6 Å². The Morgan fingerprint density at radius 1 is 1.40 bits per heavy atom. The van der Waals surface area contributed by atoms with Gasteiger partial charge >= 0.3 is 0 Å². The second-order valence-corrected chi connectivity index (χ2v) is 3.19. The minimum absolute atomic E-state index is 0.187. The number of nitrogens with one attached hydrogen (secondary N) is 1. The molecule has 0 saturated heterocycles. The number of fused-ring (bicyclic) bond motifs is 3. The summed E-state index contributed by atoms with van der Waals surface area (Å²) >= 11 is 0. The summed E-state index contributed by atoms with van der Waals surface area (Å²) in [7, 11) is 0. The summed E-state index contributed by atoms with van der Waals surface area (Å²) in [5.74, 6) is 1.60. The molecular weight excluding hydrogens is 196 g/mol. The Hall–Kier alpha value is -2.01. The maximum Gasteiger partial charge on any atom is 0.180 e. The van der Waals surface area contributed by atoms with Crippen LogP contribution in [0.3, 0.4) is 0 Å². The van der Waals surface area contributed by atoms with Gasteiger partial charge in [-0.1, -0.05) is 0 Å². The molecule has 1 aliphatic heterocycles. The molecule has 5 nitrogen and oxygen atoms in total. The molecule has 0 fully saturated rings. The molecular formula is C10H8N2O3. The Bertz CT molecular complexity index is 545. The number of benzene rings is 1. The molecule has 1 aromatic heterocycles. The van der Waals surface area contributed by atoms with E-state index in [9.17, 15) is 0 Å². The summed E-state index contributed by atoms with van der Waals surface area (Å²) in [4.78, 5) is 0. The number of aromatic amines is 1. The van der Waals surface area contributed by atoms with Crippen LogP contribution in [0.15, 0.2) is 30.4 Å². The number of hydrogen-bond donors (Lipinski definition) is 2. The van der Waals surface area contributed by atoms with Crippen LogP contribution < -0.4 is 9.47 Å². The first-order chi connectivity index (χ1) is 7.38. The summed E-state index contributed by atoms with van der Waals surface area (Å²) in [6, 6.07) is 3.66. The lowest BCUT2D eigenvalue weighted by Crippen LogP contribution is -2.08. The lowest BCUT2D eigenvalue weighted by molar-refractivity contribution is 0.235. The quantitative estimate of drug-likeness (QED) is 0.731. The van der Waals surface area contributed by atoms with E-state index in [1.54, 1.807) is 12.3 Å². The lowest BCUT2D eigenvalue weighted by atomic mass is 10.2. The van der Waals surface area contributed by atoms with Gasteiger partial charge in [0.15, 0.2) is 17.3 Å². The van der Waals surface area contributed by atoms with Gasteiger partial charge in [0.2, 0.25) is 0 Å². The highest BCUT2D eigenvalue weighted by atomic mass is 16.6. The molecule has 0 amide bonds. The molecule has 0 saturated carbocycles. The largest absolute Gasteiger partial charge is 0.457 e. The van der Waals surface area contributed by atoms with Crippen LogP contribution in [0, 0.1) is 0 Å².